The molecule has 1 aromatic heterocycles. The van der Waals surface area contributed by atoms with Gasteiger partial charge in [-0.05, 0) is 11.8 Å². The van der Waals surface area contributed by atoms with Gasteiger partial charge in [-0.25, -0.2) is 4.79 Å². The molecular formula is C16H29N3O3. The van der Waals surface area contributed by atoms with Crippen LogP contribution in [0.4, 0.5) is 10.6 Å². The number of anilines is 1. The third-order valence-electron chi connectivity index (χ3n) is 3.02. The second-order valence-corrected chi connectivity index (χ2v) is 7.82. The van der Waals surface area contributed by atoms with E-state index in [1.165, 1.54) is 0 Å². The number of aliphatic hydroxyl groups excluding tert-OH is 1. The summed E-state index contributed by atoms with van der Waals surface area (Å²) in [7, 11) is 0. The van der Waals surface area contributed by atoms with Gasteiger partial charge in [-0.2, -0.15) is 0 Å². The van der Waals surface area contributed by atoms with Crippen LogP contribution >= 0.6 is 0 Å². The lowest BCUT2D eigenvalue weighted by atomic mass is 9.93. The van der Waals surface area contributed by atoms with E-state index in [9.17, 15) is 4.79 Å². The number of hydrogen-bond donors (Lipinski definition) is 2. The molecule has 0 aliphatic carbocycles. The first-order chi connectivity index (χ1) is 10.0. The van der Waals surface area contributed by atoms with Crippen molar-refractivity contribution in [1.29, 1.82) is 0 Å². The van der Waals surface area contributed by atoms with E-state index in [2.05, 4.69) is 31.2 Å². The van der Waals surface area contributed by atoms with Crippen LogP contribution < -0.4 is 5.32 Å². The topological polar surface area (TPSA) is 78.6 Å². The number of amides is 2. The average molecular weight is 311 g/mol. The average Bonchev–Trinajstić information content (AvgIpc) is 2.81. The number of urea groups is 1. The van der Waals surface area contributed by atoms with Crippen LogP contribution in [0.25, 0.3) is 0 Å². The van der Waals surface area contributed by atoms with Gasteiger partial charge in [0.25, 0.3) is 0 Å². The predicted octanol–water partition coefficient (Wildman–Crippen LogP) is 3.23. The van der Waals surface area contributed by atoms with Crippen molar-refractivity contribution >= 4 is 11.8 Å². The highest BCUT2D eigenvalue weighted by Crippen LogP contribution is 2.24. The van der Waals surface area contributed by atoms with Gasteiger partial charge in [0.05, 0.1) is 0 Å². The standard InChI is InChI=1S/C16H29N3O3/c1-15(2,3)11-19(8-7-9-20)14(21)17-13-10-12(22-18-13)16(4,5)6/h10,20H,7-9,11H2,1-6H3,(H,17,18,21). The molecule has 0 unspecified atom stereocenters. The van der Waals surface area contributed by atoms with E-state index in [0.717, 1.165) is 5.76 Å². The Morgan fingerprint density at radius 2 is 1.95 bits per heavy atom. The third-order valence-corrected chi connectivity index (χ3v) is 3.02. The molecule has 0 fully saturated rings. The molecule has 1 aromatic rings. The van der Waals surface area contributed by atoms with Crippen LogP contribution in [0.5, 0.6) is 0 Å². The Morgan fingerprint density at radius 1 is 1.32 bits per heavy atom. The molecule has 0 saturated heterocycles. The first-order valence-corrected chi connectivity index (χ1v) is 7.67. The highest BCUT2D eigenvalue weighted by atomic mass is 16.5. The largest absolute Gasteiger partial charge is 0.396 e. The summed E-state index contributed by atoms with van der Waals surface area (Å²) in [6, 6.07) is 1.52. The zero-order chi connectivity index (χ0) is 17.0. The number of aromatic nitrogens is 1. The van der Waals surface area contributed by atoms with Gasteiger partial charge in [0.1, 0.15) is 5.76 Å². The molecule has 1 rings (SSSR count). The van der Waals surface area contributed by atoms with E-state index in [1.54, 1.807) is 11.0 Å². The Bertz CT molecular complexity index is 484. The van der Waals surface area contributed by atoms with Crippen molar-refractivity contribution < 1.29 is 14.4 Å². The van der Waals surface area contributed by atoms with Crippen LogP contribution in [0.3, 0.4) is 0 Å². The number of carbonyl (C=O) groups is 1. The van der Waals surface area contributed by atoms with E-state index >= 15 is 0 Å². The molecule has 0 aliphatic heterocycles. The molecule has 22 heavy (non-hydrogen) atoms. The lowest BCUT2D eigenvalue weighted by Gasteiger charge is -2.29. The third kappa shape index (κ3) is 6.05. The minimum Gasteiger partial charge on any atom is -0.396 e. The predicted molar refractivity (Wildman–Crippen MR) is 87.0 cm³/mol. The molecule has 1 heterocycles. The fraction of sp³-hybridized carbons (Fsp3) is 0.750. The highest BCUT2D eigenvalue weighted by Gasteiger charge is 2.23. The Labute approximate surface area is 132 Å². The zero-order valence-electron chi connectivity index (χ0n) is 14.6. The molecule has 0 saturated carbocycles. The lowest BCUT2D eigenvalue weighted by molar-refractivity contribution is 0.175. The first-order valence-electron chi connectivity index (χ1n) is 7.67. The second kappa shape index (κ2) is 7.13. The molecular weight excluding hydrogens is 282 g/mol. The van der Waals surface area contributed by atoms with Crippen molar-refractivity contribution in [1.82, 2.24) is 10.1 Å². The SMILES string of the molecule is CC(C)(C)CN(CCCO)C(=O)Nc1cc(C(C)(C)C)on1. The summed E-state index contributed by atoms with van der Waals surface area (Å²) in [5.41, 5.74) is -0.175. The smallest absolute Gasteiger partial charge is 0.323 e. The van der Waals surface area contributed by atoms with Crippen molar-refractivity contribution in [3.63, 3.8) is 0 Å². The van der Waals surface area contributed by atoms with Crippen LogP contribution in [0, 0.1) is 5.41 Å². The summed E-state index contributed by atoms with van der Waals surface area (Å²) in [6.45, 7) is 13.4. The number of nitrogens with one attached hydrogen (secondary N) is 1. The van der Waals surface area contributed by atoms with Gasteiger partial charge in [-0.3, -0.25) is 5.32 Å². The van der Waals surface area contributed by atoms with Crippen LogP contribution in [-0.4, -0.2) is 40.9 Å². The Kier molecular flexibility index (Phi) is 6.00. The minimum absolute atomic E-state index is 0.0206. The molecule has 2 N–H and O–H groups in total. The number of rotatable bonds is 5. The van der Waals surface area contributed by atoms with Crippen molar-refractivity contribution in [2.45, 2.75) is 53.4 Å². The van der Waals surface area contributed by atoms with Gasteiger partial charge in [0.2, 0.25) is 0 Å². The van der Waals surface area contributed by atoms with E-state index in [0.29, 0.717) is 25.3 Å². The van der Waals surface area contributed by atoms with Crippen molar-refractivity contribution in [3.05, 3.63) is 11.8 Å². The molecule has 126 valence electrons. The molecule has 0 aromatic carbocycles. The summed E-state index contributed by atoms with van der Waals surface area (Å²) in [5, 5.41) is 15.7. The molecule has 6 heteroatoms. The van der Waals surface area contributed by atoms with E-state index in [1.807, 2.05) is 20.8 Å². The molecule has 0 bridgehead atoms. The van der Waals surface area contributed by atoms with Gasteiger partial charge in [0.15, 0.2) is 5.82 Å². The fourth-order valence-electron chi connectivity index (χ4n) is 1.96. The Balaban J connectivity index is 2.75. The number of nitrogens with zero attached hydrogens (tertiary/aromatic N) is 2. The van der Waals surface area contributed by atoms with Crippen molar-refractivity contribution in [2.24, 2.45) is 5.41 Å². The van der Waals surface area contributed by atoms with Gasteiger partial charge < -0.3 is 14.5 Å². The first kappa shape index (κ1) is 18.5. The fourth-order valence-corrected chi connectivity index (χ4v) is 1.96. The monoisotopic (exact) mass is 311 g/mol. The number of carbonyl (C=O) groups excluding carboxylic acids is 1. The van der Waals surface area contributed by atoms with Crippen LogP contribution in [0.1, 0.15) is 53.7 Å². The van der Waals surface area contributed by atoms with Crippen LogP contribution in [-0.2, 0) is 5.41 Å². The molecule has 0 spiro atoms. The van der Waals surface area contributed by atoms with Gasteiger partial charge in [0, 0.05) is 31.2 Å². The van der Waals surface area contributed by atoms with Crippen LogP contribution in [0.15, 0.2) is 10.6 Å². The summed E-state index contributed by atoms with van der Waals surface area (Å²) >= 11 is 0. The molecule has 0 aliphatic rings. The normalized spacial score (nSPS) is 12.3. The lowest BCUT2D eigenvalue weighted by Crippen LogP contribution is -2.41. The molecule has 0 atom stereocenters. The zero-order valence-corrected chi connectivity index (χ0v) is 14.6. The van der Waals surface area contributed by atoms with E-state index in [4.69, 9.17) is 9.63 Å². The Hall–Kier alpha value is -1.56. The van der Waals surface area contributed by atoms with Crippen molar-refractivity contribution in [2.75, 3.05) is 25.0 Å². The van der Waals surface area contributed by atoms with E-state index < -0.39 is 0 Å². The van der Waals surface area contributed by atoms with E-state index in [-0.39, 0.29) is 23.5 Å². The van der Waals surface area contributed by atoms with Gasteiger partial charge in [-0.1, -0.05) is 46.7 Å². The van der Waals surface area contributed by atoms with Crippen LogP contribution in [0.2, 0.25) is 0 Å². The maximum absolute atomic E-state index is 12.4. The molecule has 0 radical (unpaired) electrons. The highest BCUT2D eigenvalue weighted by molar-refractivity contribution is 5.88. The number of aliphatic hydroxyl groups is 1. The minimum atomic E-state index is -0.225. The summed E-state index contributed by atoms with van der Waals surface area (Å²) in [5.74, 6) is 1.14. The van der Waals surface area contributed by atoms with Crippen molar-refractivity contribution in [3.8, 4) is 0 Å². The summed E-state index contributed by atoms with van der Waals surface area (Å²) in [6.07, 6.45) is 0.551. The molecule has 6 nitrogen and oxygen atoms in total. The summed E-state index contributed by atoms with van der Waals surface area (Å²) in [4.78, 5) is 14.1. The van der Waals surface area contributed by atoms with Gasteiger partial charge >= 0.3 is 6.03 Å². The maximum Gasteiger partial charge on any atom is 0.323 e. The quantitative estimate of drug-likeness (QED) is 0.875. The number of hydrogen-bond acceptors (Lipinski definition) is 4. The van der Waals surface area contributed by atoms with Gasteiger partial charge in [-0.15, -0.1) is 0 Å². The Morgan fingerprint density at radius 3 is 2.41 bits per heavy atom. The molecule has 2 amide bonds. The second-order valence-electron chi connectivity index (χ2n) is 7.82. The summed E-state index contributed by atoms with van der Waals surface area (Å²) < 4.78 is 5.27. The maximum atomic E-state index is 12.4.